The smallest absolute Gasteiger partial charge is 0.337 e. The lowest BCUT2D eigenvalue weighted by Gasteiger charge is -2.54. The third kappa shape index (κ3) is 2.34. The Kier molecular flexibility index (Phi) is 4.15. The molecule has 2 atom stereocenters. The normalized spacial score (nSPS) is 26.6. The molecule has 1 heterocycles. The molecule has 5 nitrogen and oxygen atoms in total. The summed E-state index contributed by atoms with van der Waals surface area (Å²) in [6, 6.07) is 23.1. The first-order chi connectivity index (χ1) is 16.0. The summed E-state index contributed by atoms with van der Waals surface area (Å²) in [6.07, 6.45) is 0.712. The largest absolute Gasteiger partial charge is 0.465 e. The molecule has 0 aromatic heterocycles. The van der Waals surface area contributed by atoms with Crippen LogP contribution < -0.4 is 4.90 Å². The Morgan fingerprint density at radius 3 is 2.15 bits per heavy atom. The number of esters is 1. The third-order valence-corrected chi connectivity index (χ3v) is 7.88. The summed E-state index contributed by atoms with van der Waals surface area (Å²) >= 11 is 0. The molecule has 5 heteroatoms. The first kappa shape index (κ1) is 19.9. The maximum Gasteiger partial charge on any atom is 0.337 e. The van der Waals surface area contributed by atoms with Gasteiger partial charge in [0, 0.05) is 11.3 Å². The van der Waals surface area contributed by atoms with Gasteiger partial charge in [0.1, 0.15) is 0 Å². The van der Waals surface area contributed by atoms with E-state index >= 15 is 0 Å². The molecule has 33 heavy (non-hydrogen) atoms. The van der Waals surface area contributed by atoms with Crippen molar-refractivity contribution in [3.63, 3.8) is 0 Å². The fraction of sp³-hybridized carbons (Fsp3) is 0.250. The summed E-state index contributed by atoms with van der Waals surface area (Å²) in [5, 5.41) is 0. The first-order valence-corrected chi connectivity index (χ1v) is 11.3. The molecule has 1 aliphatic heterocycles. The molecule has 1 fully saturated rings. The maximum absolute atomic E-state index is 14.1. The average molecular weight is 437 g/mol. The molecule has 4 aliphatic rings. The van der Waals surface area contributed by atoms with Crippen LogP contribution in [0.1, 0.15) is 51.9 Å². The molecule has 0 N–H and O–H groups in total. The van der Waals surface area contributed by atoms with Gasteiger partial charge in [0.15, 0.2) is 0 Å². The summed E-state index contributed by atoms with van der Waals surface area (Å²) in [6.45, 7) is 2.11. The van der Waals surface area contributed by atoms with E-state index in [1.165, 1.54) is 12.0 Å². The number of carbonyl (C=O) groups excluding carboxylic acids is 3. The van der Waals surface area contributed by atoms with E-state index in [1.54, 1.807) is 24.3 Å². The number of carbonyl (C=O) groups is 3. The highest BCUT2D eigenvalue weighted by molar-refractivity contribution is 6.24. The maximum atomic E-state index is 14.1. The van der Waals surface area contributed by atoms with Gasteiger partial charge in [-0.25, -0.2) is 9.69 Å². The van der Waals surface area contributed by atoms with E-state index in [9.17, 15) is 14.4 Å². The molecular formula is C28H23NO4. The lowest BCUT2D eigenvalue weighted by atomic mass is 9.46. The van der Waals surface area contributed by atoms with Crippen molar-refractivity contribution in [1.29, 1.82) is 0 Å². The van der Waals surface area contributed by atoms with Crippen molar-refractivity contribution in [2.45, 2.75) is 24.7 Å². The molecule has 1 saturated heterocycles. The number of anilines is 1. The van der Waals surface area contributed by atoms with Gasteiger partial charge in [0.25, 0.3) is 0 Å². The van der Waals surface area contributed by atoms with Gasteiger partial charge in [-0.3, -0.25) is 9.59 Å². The molecule has 3 aliphatic carbocycles. The van der Waals surface area contributed by atoms with Crippen LogP contribution in [0.25, 0.3) is 0 Å². The van der Waals surface area contributed by atoms with Crippen LogP contribution in [0.5, 0.6) is 0 Å². The highest BCUT2D eigenvalue weighted by Crippen LogP contribution is 2.65. The minimum atomic E-state index is -0.561. The highest BCUT2D eigenvalue weighted by atomic mass is 16.5. The van der Waals surface area contributed by atoms with Crippen molar-refractivity contribution in [2.24, 2.45) is 11.8 Å². The number of amides is 2. The Morgan fingerprint density at radius 1 is 0.909 bits per heavy atom. The highest BCUT2D eigenvalue weighted by Gasteiger charge is 2.67. The van der Waals surface area contributed by atoms with Crippen LogP contribution in [0.4, 0.5) is 5.69 Å². The standard InChI is InChI=1S/C28H23NO4/c1-3-28-20-13-6-4-11-18(20)22(19-12-5-7-14-21(19)28)23-24(28)26(31)29(25(23)30)17-10-8-9-16(15-17)27(32)33-2/h4-15,22-24H,3H2,1-2H3/t22?,23-,24-,28?/m1/s1. The quantitative estimate of drug-likeness (QED) is 0.449. The number of methoxy groups -OCH3 is 1. The Bertz CT molecular complexity index is 1300. The van der Waals surface area contributed by atoms with E-state index in [0.29, 0.717) is 17.7 Å². The molecule has 0 unspecified atom stereocenters. The van der Waals surface area contributed by atoms with E-state index in [0.717, 1.165) is 22.3 Å². The number of imide groups is 1. The zero-order valence-corrected chi connectivity index (χ0v) is 18.4. The van der Waals surface area contributed by atoms with Gasteiger partial charge >= 0.3 is 5.97 Å². The van der Waals surface area contributed by atoms with Crippen molar-refractivity contribution in [1.82, 2.24) is 0 Å². The van der Waals surface area contributed by atoms with Crippen LogP contribution in [0.3, 0.4) is 0 Å². The summed E-state index contributed by atoms with van der Waals surface area (Å²) in [5.74, 6) is -2.00. The molecule has 164 valence electrons. The Hall–Kier alpha value is -3.73. The van der Waals surface area contributed by atoms with E-state index in [2.05, 4.69) is 31.2 Å². The minimum absolute atomic E-state index is 0.166. The van der Waals surface area contributed by atoms with Gasteiger partial charge in [-0.05, 0) is 46.9 Å². The van der Waals surface area contributed by atoms with Crippen molar-refractivity contribution < 1.29 is 19.1 Å². The van der Waals surface area contributed by atoms with Gasteiger partial charge in [-0.15, -0.1) is 0 Å². The third-order valence-electron chi connectivity index (χ3n) is 7.88. The fourth-order valence-electron chi connectivity index (χ4n) is 6.67. The van der Waals surface area contributed by atoms with Crippen molar-refractivity contribution in [2.75, 3.05) is 12.0 Å². The van der Waals surface area contributed by atoms with E-state index in [-0.39, 0.29) is 17.7 Å². The van der Waals surface area contributed by atoms with E-state index in [4.69, 9.17) is 4.74 Å². The predicted molar refractivity (Wildman–Crippen MR) is 123 cm³/mol. The summed E-state index contributed by atoms with van der Waals surface area (Å²) in [7, 11) is 1.31. The summed E-state index contributed by atoms with van der Waals surface area (Å²) < 4.78 is 4.84. The molecule has 3 aromatic carbocycles. The zero-order valence-electron chi connectivity index (χ0n) is 18.4. The molecule has 0 saturated carbocycles. The van der Waals surface area contributed by atoms with Crippen molar-refractivity contribution in [3.8, 4) is 0 Å². The first-order valence-electron chi connectivity index (χ1n) is 11.3. The number of benzene rings is 3. The predicted octanol–water partition coefficient (Wildman–Crippen LogP) is 4.43. The Morgan fingerprint density at radius 2 is 1.55 bits per heavy atom. The molecule has 0 radical (unpaired) electrons. The van der Waals surface area contributed by atoms with Crippen LogP contribution in [0.15, 0.2) is 72.8 Å². The molecule has 7 rings (SSSR count). The van der Waals surface area contributed by atoms with E-state index in [1.807, 2.05) is 24.3 Å². The average Bonchev–Trinajstić information content (AvgIpc) is 3.14. The second kappa shape index (κ2) is 6.88. The topological polar surface area (TPSA) is 63.7 Å². The lowest BCUT2D eigenvalue weighted by Crippen LogP contribution is -2.53. The number of nitrogens with zero attached hydrogens (tertiary/aromatic N) is 1. The number of rotatable bonds is 3. The molecule has 0 spiro atoms. The number of hydrogen-bond acceptors (Lipinski definition) is 4. The number of hydrogen-bond donors (Lipinski definition) is 0. The lowest BCUT2D eigenvalue weighted by molar-refractivity contribution is -0.123. The van der Waals surface area contributed by atoms with Crippen LogP contribution in [-0.2, 0) is 19.7 Å². The van der Waals surface area contributed by atoms with Crippen LogP contribution >= 0.6 is 0 Å². The van der Waals surface area contributed by atoms with Crippen LogP contribution in [0, 0.1) is 11.8 Å². The van der Waals surface area contributed by atoms with Crippen molar-refractivity contribution >= 4 is 23.5 Å². The zero-order chi connectivity index (χ0) is 22.9. The van der Waals surface area contributed by atoms with Gasteiger partial charge in [-0.1, -0.05) is 61.5 Å². The molecular weight excluding hydrogens is 414 g/mol. The summed E-state index contributed by atoms with van der Waals surface area (Å²) in [4.78, 5) is 41.4. The SMILES string of the molecule is CCC12c3ccccc3C(c3ccccc31)[C@H]1C(=O)N(c3cccc(C(=O)OC)c3)C(=O)[C@@H]12. The molecule has 2 bridgehead atoms. The van der Waals surface area contributed by atoms with E-state index < -0.39 is 23.2 Å². The monoisotopic (exact) mass is 437 g/mol. The molecule has 3 aromatic rings. The van der Waals surface area contributed by atoms with Gasteiger partial charge in [0.2, 0.25) is 11.8 Å². The van der Waals surface area contributed by atoms with Crippen LogP contribution in [-0.4, -0.2) is 24.9 Å². The second-order valence-corrected chi connectivity index (χ2v) is 9.03. The second-order valence-electron chi connectivity index (χ2n) is 9.03. The van der Waals surface area contributed by atoms with Gasteiger partial charge in [-0.2, -0.15) is 0 Å². The van der Waals surface area contributed by atoms with Crippen molar-refractivity contribution in [3.05, 3.63) is 101 Å². The van der Waals surface area contributed by atoms with Crippen LogP contribution in [0.2, 0.25) is 0 Å². The van der Waals surface area contributed by atoms with Gasteiger partial charge in [0.05, 0.1) is 30.2 Å². The summed E-state index contributed by atoms with van der Waals surface area (Å²) in [5.41, 5.74) is 4.77. The molecule has 2 amide bonds. The Balaban J connectivity index is 1.58. The minimum Gasteiger partial charge on any atom is -0.465 e. The Labute approximate surface area is 192 Å². The van der Waals surface area contributed by atoms with Gasteiger partial charge < -0.3 is 4.74 Å². The fourth-order valence-corrected chi connectivity index (χ4v) is 6.67. The number of ether oxygens (including phenoxy) is 1.